The minimum absolute atomic E-state index is 0.0120. The van der Waals surface area contributed by atoms with Crippen LogP contribution >= 0.6 is 23.5 Å². The number of amidine groups is 1. The molecule has 0 aromatic heterocycles. The average Bonchev–Trinajstić information content (AvgIpc) is 2.83. The molecule has 1 saturated heterocycles. The third kappa shape index (κ3) is 6.29. The minimum atomic E-state index is -5.85. The van der Waals surface area contributed by atoms with Crippen LogP contribution in [0.15, 0.2) is 29.7 Å². The fourth-order valence-corrected chi connectivity index (χ4v) is 5.82. The summed E-state index contributed by atoms with van der Waals surface area (Å²) in [4.78, 5) is 40.5. The van der Waals surface area contributed by atoms with Gasteiger partial charge in [0.1, 0.15) is 23.9 Å². The van der Waals surface area contributed by atoms with Gasteiger partial charge in [-0.1, -0.05) is 6.58 Å². The maximum Gasteiger partial charge on any atom is 0.490 e. The van der Waals surface area contributed by atoms with Crippen LogP contribution in [0.5, 0.6) is 0 Å². The van der Waals surface area contributed by atoms with Crippen LogP contribution in [0.3, 0.4) is 0 Å². The van der Waals surface area contributed by atoms with E-state index < -0.39 is 60.4 Å². The standard InChI is InChI=1S/C12H20F2N3O12P3/c1-6(13)12(5-26-31(22,23)29-32(24,25)28-30(19,20)21)10(18)9(14)11(27-12)17-4-3-8(15)16-7(17)2/h3-4,6,9-11,18H,2,5H2,1H3,(H2,15,16)(H,22,23)(H,24,25)(H2,19,20,21)/t6?,9-,10+,11-,12+/m1/s1. The average molecular weight is 529 g/mol. The van der Waals surface area contributed by atoms with E-state index in [1.165, 1.54) is 12.3 Å². The Morgan fingerprint density at radius 2 is 1.91 bits per heavy atom. The molecular formula is C12H20F2N3O12P3. The number of aliphatic imine (C=N–C) groups is 1. The van der Waals surface area contributed by atoms with Crippen molar-refractivity contribution in [1.82, 2.24) is 4.90 Å². The molecule has 0 radical (unpaired) electrons. The van der Waals surface area contributed by atoms with E-state index in [1.54, 1.807) is 0 Å². The summed E-state index contributed by atoms with van der Waals surface area (Å²) in [5.41, 5.74) is 2.83. The molecular weight excluding hydrogens is 509 g/mol. The first kappa shape index (κ1) is 27.2. The number of hydrogen-bond acceptors (Lipinski definition) is 11. The SMILES string of the molecule is C=C1N=C(N)C=CN1[C@@H]1O[C@@](COP(=O)(O)OP(=O)(O)OP(=O)(O)O)(C(C)F)[C@@H](O)[C@H]1F. The summed E-state index contributed by atoms with van der Waals surface area (Å²) >= 11 is 0. The predicted octanol–water partition coefficient (Wildman–Crippen LogP) is 0.140. The van der Waals surface area contributed by atoms with Crippen molar-refractivity contribution in [3.05, 3.63) is 24.7 Å². The number of aliphatic hydroxyl groups is 1. The molecule has 0 aromatic rings. The van der Waals surface area contributed by atoms with Crippen molar-refractivity contribution in [3.8, 4) is 0 Å². The Morgan fingerprint density at radius 1 is 1.31 bits per heavy atom. The molecule has 15 nitrogen and oxygen atoms in total. The maximum atomic E-state index is 14.8. The van der Waals surface area contributed by atoms with Crippen molar-refractivity contribution in [1.29, 1.82) is 0 Å². The quantitative estimate of drug-likeness (QED) is 0.218. The zero-order chi connectivity index (χ0) is 24.7. The van der Waals surface area contributed by atoms with Crippen LogP contribution < -0.4 is 5.73 Å². The van der Waals surface area contributed by atoms with Gasteiger partial charge in [0.25, 0.3) is 0 Å². The zero-order valence-electron chi connectivity index (χ0n) is 16.0. The molecule has 0 saturated carbocycles. The van der Waals surface area contributed by atoms with Crippen molar-refractivity contribution in [2.75, 3.05) is 6.61 Å². The van der Waals surface area contributed by atoms with E-state index in [0.717, 1.165) is 11.8 Å². The van der Waals surface area contributed by atoms with Gasteiger partial charge in [-0.15, -0.1) is 0 Å². The summed E-state index contributed by atoms with van der Waals surface area (Å²) in [5.74, 6) is -0.127. The van der Waals surface area contributed by atoms with Crippen LogP contribution in [0.25, 0.3) is 0 Å². The highest BCUT2D eigenvalue weighted by Crippen LogP contribution is 2.66. The van der Waals surface area contributed by atoms with E-state index >= 15 is 0 Å². The third-order valence-corrected chi connectivity index (χ3v) is 7.98. The van der Waals surface area contributed by atoms with Crippen LogP contribution in [-0.2, 0) is 31.6 Å². The summed E-state index contributed by atoms with van der Waals surface area (Å²) in [7, 11) is -17.2. The number of ether oxygens (including phenoxy) is 1. The van der Waals surface area contributed by atoms with E-state index in [2.05, 4.69) is 24.7 Å². The van der Waals surface area contributed by atoms with E-state index in [4.69, 9.17) is 25.2 Å². The Labute approximate surface area is 179 Å². The van der Waals surface area contributed by atoms with E-state index in [0.29, 0.717) is 0 Å². The second-order valence-electron chi connectivity index (χ2n) is 6.51. The Balaban J connectivity index is 2.21. The molecule has 7 N–H and O–H groups in total. The van der Waals surface area contributed by atoms with Crippen molar-refractivity contribution < 1.29 is 65.0 Å². The number of nitrogens with zero attached hydrogens (tertiary/aromatic N) is 2. The predicted molar refractivity (Wildman–Crippen MR) is 101 cm³/mol. The summed E-state index contributed by atoms with van der Waals surface area (Å²) in [5, 5.41) is 10.3. The number of alkyl halides is 2. The van der Waals surface area contributed by atoms with Gasteiger partial charge < -0.3 is 40.1 Å². The highest BCUT2D eigenvalue weighted by molar-refractivity contribution is 7.66. The van der Waals surface area contributed by atoms with E-state index in [-0.39, 0.29) is 11.7 Å². The van der Waals surface area contributed by atoms with Crippen molar-refractivity contribution in [3.63, 3.8) is 0 Å². The zero-order valence-corrected chi connectivity index (χ0v) is 18.7. The molecule has 184 valence electrons. The van der Waals surface area contributed by atoms with Gasteiger partial charge in [-0.2, -0.15) is 8.62 Å². The fraction of sp³-hybridized carbons (Fsp3) is 0.583. The molecule has 0 bridgehead atoms. The van der Waals surface area contributed by atoms with Crippen molar-refractivity contribution in [2.45, 2.75) is 37.2 Å². The highest BCUT2D eigenvalue weighted by atomic mass is 31.3. The van der Waals surface area contributed by atoms with Crippen LogP contribution in [0.2, 0.25) is 0 Å². The molecule has 2 rings (SSSR count). The first-order chi connectivity index (χ1) is 14.4. The summed E-state index contributed by atoms with van der Waals surface area (Å²) in [6.45, 7) is 2.90. The third-order valence-electron chi connectivity index (χ3n) is 4.19. The lowest BCUT2D eigenvalue weighted by molar-refractivity contribution is -0.162. The second-order valence-corrected chi connectivity index (χ2v) is 10.9. The number of hydrogen-bond donors (Lipinski definition) is 6. The van der Waals surface area contributed by atoms with Gasteiger partial charge in [-0.25, -0.2) is 27.5 Å². The van der Waals surface area contributed by atoms with Gasteiger partial charge in [0, 0.05) is 6.20 Å². The van der Waals surface area contributed by atoms with Gasteiger partial charge in [0.2, 0.25) is 0 Å². The molecule has 0 amide bonds. The Kier molecular flexibility index (Phi) is 7.90. The number of aliphatic hydroxyl groups excluding tert-OH is 1. The molecule has 3 unspecified atom stereocenters. The molecule has 2 heterocycles. The monoisotopic (exact) mass is 529 g/mol. The largest absolute Gasteiger partial charge is 0.490 e. The van der Waals surface area contributed by atoms with E-state index in [9.17, 15) is 32.5 Å². The van der Waals surface area contributed by atoms with E-state index in [1.807, 2.05) is 0 Å². The number of halogens is 2. The molecule has 1 fully saturated rings. The van der Waals surface area contributed by atoms with Gasteiger partial charge in [0.05, 0.1) is 6.61 Å². The fourth-order valence-electron chi connectivity index (χ4n) is 2.76. The lowest BCUT2D eigenvalue weighted by Crippen LogP contribution is -2.52. The molecule has 2 aliphatic rings. The molecule has 2 aliphatic heterocycles. The number of phosphoric ester groups is 1. The van der Waals surface area contributed by atoms with Gasteiger partial charge in [-0.05, 0) is 13.0 Å². The number of rotatable bonds is 9. The lowest BCUT2D eigenvalue weighted by Gasteiger charge is -2.34. The maximum absolute atomic E-state index is 14.8. The highest BCUT2D eigenvalue weighted by Gasteiger charge is 2.61. The molecule has 0 aromatic carbocycles. The van der Waals surface area contributed by atoms with Crippen molar-refractivity contribution in [2.24, 2.45) is 10.7 Å². The van der Waals surface area contributed by atoms with Gasteiger partial charge in [0.15, 0.2) is 18.0 Å². The Hall–Kier alpha value is -1.06. The first-order valence-electron chi connectivity index (χ1n) is 8.31. The van der Waals surface area contributed by atoms with Crippen LogP contribution in [0.1, 0.15) is 6.92 Å². The molecule has 0 aliphatic carbocycles. The topological polar surface area (TPSA) is 231 Å². The van der Waals surface area contributed by atoms with Gasteiger partial charge in [-0.3, -0.25) is 4.52 Å². The molecule has 7 atom stereocenters. The Morgan fingerprint density at radius 3 is 2.41 bits per heavy atom. The van der Waals surface area contributed by atoms with Crippen molar-refractivity contribution >= 4 is 29.3 Å². The smallest absolute Gasteiger partial charge is 0.387 e. The summed E-state index contributed by atoms with van der Waals surface area (Å²) < 4.78 is 79.9. The molecule has 32 heavy (non-hydrogen) atoms. The lowest BCUT2D eigenvalue weighted by atomic mass is 9.92. The van der Waals surface area contributed by atoms with Crippen LogP contribution in [0, 0.1) is 0 Å². The number of phosphoric acid groups is 3. The van der Waals surface area contributed by atoms with Gasteiger partial charge >= 0.3 is 23.5 Å². The van der Waals surface area contributed by atoms with Crippen LogP contribution in [-0.4, -0.2) is 72.3 Å². The normalized spacial score (nSPS) is 33.5. The van der Waals surface area contributed by atoms with Crippen LogP contribution in [0.4, 0.5) is 8.78 Å². The summed E-state index contributed by atoms with van der Waals surface area (Å²) in [6, 6.07) is 0. The summed E-state index contributed by atoms with van der Waals surface area (Å²) in [6.07, 6.45) is -6.24. The molecule has 20 heteroatoms. The Bertz CT molecular complexity index is 957. The first-order valence-corrected chi connectivity index (χ1v) is 12.8. The molecule has 0 spiro atoms. The number of nitrogens with two attached hydrogens (primary N) is 1. The second kappa shape index (κ2) is 9.29. The minimum Gasteiger partial charge on any atom is -0.387 e.